The summed E-state index contributed by atoms with van der Waals surface area (Å²) in [5.74, 6) is 0.433. The molecule has 0 fully saturated rings. The molecule has 0 radical (unpaired) electrons. The number of carbonyl (C=O) groups excluding carboxylic acids is 2. The molecule has 7 nitrogen and oxygen atoms in total. The summed E-state index contributed by atoms with van der Waals surface area (Å²) in [6, 6.07) is 16.1. The summed E-state index contributed by atoms with van der Waals surface area (Å²) in [5.41, 5.74) is 2.71. The first kappa shape index (κ1) is 20.7. The quantitative estimate of drug-likeness (QED) is 0.569. The molecule has 0 aliphatic carbocycles. The van der Waals surface area contributed by atoms with Gasteiger partial charge in [-0.25, -0.2) is 0 Å². The fraction of sp³-hybridized carbons (Fsp3) is 0.130. The van der Waals surface area contributed by atoms with Crippen LogP contribution in [0, 0.1) is 6.92 Å². The Balaban J connectivity index is 1.79. The smallest absolute Gasteiger partial charge is 0.255 e. The van der Waals surface area contributed by atoms with Crippen molar-refractivity contribution in [1.29, 1.82) is 0 Å². The largest absolute Gasteiger partial charge is 0.508 e. The van der Waals surface area contributed by atoms with Crippen LogP contribution in [0.3, 0.4) is 0 Å². The van der Waals surface area contributed by atoms with E-state index in [1.165, 1.54) is 38.5 Å². The average Bonchev–Trinajstić information content (AvgIpc) is 2.76. The van der Waals surface area contributed by atoms with Crippen molar-refractivity contribution in [3.63, 3.8) is 0 Å². The zero-order chi connectivity index (χ0) is 21.7. The minimum Gasteiger partial charge on any atom is -0.508 e. The molecule has 2 amide bonds. The first-order valence-electron chi connectivity index (χ1n) is 9.15. The van der Waals surface area contributed by atoms with Gasteiger partial charge in [-0.1, -0.05) is 6.07 Å². The number of ether oxygens (including phenoxy) is 2. The number of nitrogens with one attached hydrogen (secondary N) is 2. The third kappa shape index (κ3) is 4.88. The average molecular weight is 406 g/mol. The van der Waals surface area contributed by atoms with Crippen LogP contribution in [0.15, 0.2) is 60.7 Å². The molecule has 3 rings (SSSR count). The molecule has 0 unspecified atom stereocenters. The van der Waals surface area contributed by atoms with Gasteiger partial charge in [0.05, 0.1) is 14.2 Å². The molecule has 3 N–H and O–H groups in total. The minimum atomic E-state index is -0.341. The molecule has 0 atom stereocenters. The highest BCUT2D eigenvalue weighted by molar-refractivity contribution is 6.07. The fourth-order valence-electron chi connectivity index (χ4n) is 2.78. The number of anilines is 2. The number of benzene rings is 3. The number of hydrogen-bond donors (Lipinski definition) is 3. The lowest BCUT2D eigenvalue weighted by Gasteiger charge is -2.13. The van der Waals surface area contributed by atoms with E-state index in [2.05, 4.69) is 10.6 Å². The Hall–Kier alpha value is -4.00. The number of phenolic OH excluding ortho intramolecular Hbond substituents is 1. The molecular weight excluding hydrogens is 384 g/mol. The van der Waals surface area contributed by atoms with Crippen LogP contribution in [0.2, 0.25) is 0 Å². The summed E-state index contributed by atoms with van der Waals surface area (Å²) in [6.45, 7) is 1.85. The first-order chi connectivity index (χ1) is 14.4. The molecule has 0 spiro atoms. The Bertz CT molecular complexity index is 1060. The molecule has 3 aromatic carbocycles. The maximum atomic E-state index is 12.7. The van der Waals surface area contributed by atoms with Gasteiger partial charge < -0.3 is 25.2 Å². The van der Waals surface area contributed by atoms with E-state index in [0.29, 0.717) is 34.0 Å². The highest BCUT2D eigenvalue weighted by Gasteiger charge is 2.13. The zero-order valence-corrected chi connectivity index (χ0v) is 16.9. The third-order valence-electron chi connectivity index (χ3n) is 4.49. The Kier molecular flexibility index (Phi) is 6.22. The molecule has 0 aliphatic rings. The number of phenols is 1. The van der Waals surface area contributed by atoms with Gasteiger partial charge in [0, 0.05) is 28.6 Å². The van der Waals surface area contributed by atoms with Crippen LogP contribution in [-0.4, -0.2) is 31.1 Å². The molecule has 30 heavy (non-hydrogen) atoms. The van der Waals surface area contributed by atoms with E-state index in [0.717, 1.165) is 5.56 Å². The summed E-state index contributed by atoms with van der Waals surface area (Å²) >= 11 is 0. The lowest BCUT2D eigenvalue weighted by molar-refractivity contribution is 0.101. The Labute approximate surface area is 174 Å². The van der Waals surface area contributed by atoms with E-state index in [1.807, 2.05) is 6.92 Å². The van der Waals surface area contributed by atoms with Crippen LogP contribution in [0.1, 0.15) is 26.3 Å². The monoisotopic (exact) mass is 406 g/mol. The highest BCUT2D eigenvalue weighted by Crippen LogP contribution is 2.25. The van der Waals surface area contributed by atoms with Gasteiger partial charge in [-0.2, -0.15) is 0 Å². The first-order valence-corrected chi connectivity index (χ1v) is 9.15. The maximum Gasteiger partial charge on any atom is 0.255 e. The van der Waals surface area contributed by atoms with E-state index in [-0.39, 0.29) is 17.6 Å². The van der Waals surface area contributed by atoms with E-state index in [4.69, 9.17) is 9.47 Å². The van der Waals surface area contributed by atoms with Crippen LogP contribution < -0.4 is 20.1 Å². The van der Waals surface area contributed by atoms with Crippen molar-refractivity contribution in [1.82, 2.24) is 0 Å². The fourth-order valence-corrected chi connectivity index (χ4v) is 2.78. The molecule has 0 bridgehead atoms. The van der Waals surface area contributed by atoms with Crippen molar-refractivity contribution in [3.8, 4) is 17.2 Å². The normalized spacial score (nSPS) is 10.2. The van der Waals surface area contributed by atoms with Gasteiger partial charge in [0.25, 0.3) is 11.8 Å². The maximum absolute atomic E-state index is 12.7. The van der Waals surface area contributed by atoms with Crippen LogP contribution in [0.5, 0.6) is 17.2 Å². The summed E-state index contributed by atoms with van der Waals surface area (Å²) in [7, 11) is 3.03. The number of rotatable bonds is 6. The summed E-state index contributed by atoms with van der Waals surface area (Å²) in [6.07, 6.45) is 0. The number of aromatic hydroxyl groups is 1. The number of carbonyl (C=O) groups is 2. The predicted molar refractivity (Wildman–Crippen MR) is 115 cm³/mol. The molecule has 154 valence electrons. The van der Waals surface area contributed by atoms with E-state index in [1.54, 1.807) is 36.4 Å². The van der Waals surface area contributed by atoms with Gasteiger partial charge in [-0.3, -0.25) is 9.59 Å². The van der Waals surface area contributed by atoms with Crippen molar-refractivity contribution >= 4 is 23.2 Å². The van der Waals surface area contributed by atoms with Gasteiger partial charge in [-0.05, 0) is 61.0 Å². The van der Waals surface area contributed by atoms with Gasteiger partial charge in [0.2, 0.25) is 0 Å². The molecular formula is C23H22N2O5. The summed E-state index contributed by atoms with van der Waals surface area (Å²) < 4.78 is 10.4. The molecule has 3 aromatic rings. The van der Waals surface area contributed by atoms with Gasteiger partial charge >= 0.3 is 0 Å². The second kappa shape index (κ2) is 9.00. The van der Waals surface area contributed by atoms with Crippen LogP contribution >= 0.6 is 0 Å². The third-order valence-corrected chi connectivity index (χ3v) is 4.49. The topological polar surface area (TPSA) is 96.9 Å². The zero-order valence-electron chi connectivity index (χ0n) is 16.9. The molecule has 0 saturated heterocycles. The van der Waals surface area contributed by atoms with Crippen molar-refractivity contribution in [3.05, 3.63) is 77.4 Å². The molecule has 0 saturated carbocycles. The molecule has 0 aromatic heterocycles. The highest BCUT2D eigenvalue weighted by atomic mass is 16.5. The van der Waals surface area contributed by atoms with E-state index in [9.17, 15) is 14.7 Å². The second-order valence-electron chi connectivity index (χ2n) is 6.59. The standard InChI is InChI=1S/C23H22N2O5/c1-14-4-7-17(12-21(14)25-22(27)15-5-8-18(26)9-6-15)24-23(28)16-10-19(29-2)13-20(11-16)30-3/h4-13,26H,1-3H3,(H,24,28)(H,25,27). The summed E-state index contributed by atoms with van der Waals surface area (Å²) in [4.78, 5) is 25.2. The predicted octanol–water partition coefficient (Wildman–Crippen LogP) is 4.22. The number of amides is 2. The molecule has 0 aliphatic heterocycles. The van der Waals surface area contributed by atoms with Crippen molar-refractivity contribution in [2.75, 3.05) is 24.9 Å². The van der Waals surface area contributed by atoms with Gasteiger partial charge in [0.15, 0.2) is 0 Å². The summed E-state index contributed by atoms with van der Waals surface area (Å²) in [5, 5.41) is 15.0. The van der Waals surface area contributed by atoms with Gasteiger partial charge in [-0.15, -0.1) is 0 Å². The van der Waals surface area contributed by atoms with E-state index >= 15 is 0 Å². The lowest BCUT2D eigenvalue weighted by atomic mass is 10.1. The number of hydrogen-bond acceptors (Lipinski definition) is 5. The lowest BCUT2D eigenvalue weighted by Crippen LogP contribution is -2.15. The molecule has 7 heteroatoms. The van der Waals surface area contributed by atoms with Gasteiger partial charge in [0.1, 0.15) is 17.2 Å². The number of methoxy groups -OCH3 is 2. The number of aryl methyl sites for hydroxylation is 1. The minimum absolute atomic E-state index is 0.0848. The Morgan fingerprint density at radius 2 is 1.37 bits per heavy atom. The molecule has 0 heterocycles. The van der Waals surface area contributed by atoms with Crippen molar-refractivity contribution in [2.24, 2.45) is 0 Å². The second-order valence-corrected chi connectivity index (χ2v) is 6.59. The van der Waals surface area contributed by atoms with Crippen molar-refractivity contribution in [2.45, 2.75) is 6.92 Å². The Morgan fingerprint density at radius 3 is 1.97 bits per heavy atom. The van der Waals surface area contributed by atoms with Crippen molar-refractivity contribution < 1.29 is 24.2 Å². The SMILES string of the molecule is COc1cc(OC)cc(C(=O)Nc2ccc(C)c(NC(=O)c3ccc(O)cc3)c2)c1. The van der Waals surface area contributed by atoms with Crippen LogP contribution in [0.4, 0.5) is 11.4 Å². The van der Waals surface area contributed by atoms with E-state index < -0.39 is 0 Å². The van der Waals surface area contributed by atoms with Crippen LogP contribution in [0.25, 0.3) is 0 Å². The van der Waals surface area contributed by atoms with Crippen LogP contribution in [-0.2, 0) is 0 Å². The Morgan fingerprint density at radius 1 is 0.767 bits per heavy atom.